The molecule has 7 heteroatoms. The molecule has 0 heterocycles. The van der Waals surface area contributed by atoms with E-state index in [1.54, 1.807) is 25.3 Å². The minimum atomic E-state index is -0.415. The summed E-state index contributed by atoms with van der Waals surface area (Å²) in [5.41, 5.74) is 2.03. The minimum Gasteiger partial charge on any atom is -0.493 e. The predicted molar refractivity (Wildman–Crippen MR) is 115 cm³/mol. The monoisotopic (exact) mass is 483 g/mol. The van der Waals surface area contributed by atoms with Gasteiger partial charge in [-0.3, -0.25) is 0 Å². The van der Waals surface area contributed by atoms with Gasteiger partial charge in [-0.1, -0.05) is 45.2 Å². The van der Waals surface area contributed by atoms with E-state index in [4.69, 9.17) is 32.7 Å². The van der Waals surface area contributed by atoms with Gasteiger partial charge in [0.2, 0.25) is 0 Å². The molecule has 0 fully saturated rings. The van der Waals surface area contributed by atoms with E-state index >= 15 is 0 Å². The summed E-state index contributed by atoms with van der Waals surface area (Å²) >= 11 is 15.6. The molecule has 0 aliphatic heterocycles. The molecule has 0 aliphatic carbocycles. The normalized spacial score (nSPS) is 10.6. The maximum Gasteiger partial charge on any atom is 0.167 e. The van der Waals surface area contributed by atoms with Crippen LogP contribution in [0.15, 0.2) is 59.1 Å². The number of ether oxygens (including phenoxy) is 2. The second-order valence-corrected chi connectivity index (χ2v) is 7.60. The summed E-state index contributed by atoms with van der Waals surface area (Å²) in [6.45, 7) is 0.437. The SMILES string of the molecule is COc1ccc(Br)c(CNc2ccc(Cl)cc2)c1OCc1c(F)cccc1Cl. The molecule has 1 N–H and O–H groups in total. The molecule has 0 radical (unpaired) electrons. The van der Waals surface area contributed by atoms with E-state index in [1.165, 1.54) is 6.07 Å². The number of rotatable bonds is 7. The predicted octanol–water partition coefficient (Wildman–Crippen LogP) is 7.09. The number of hydrogen-bond donors (Lipinski definition) is 1. The third-order valence-electron chi connectivity index (χ3n) is 4.12. The van der Waals surface area contributed by atoms with E-state index in [1.807, 2.05) is 30.3 Å². The molecule has 0 spiro atoms. The maximum absolute atomic E-state index is 14.1. The van der Waals surface area contributed by atoms with Crippen molar-refractivity contribution in [3.05, 3.63) is 86.1 Å². The van der Waals surface area contributed by atoms with Crippen LogP contribution in [0.2, 0.25) is 10.0 Å². The molecule has 0 atom stereocenters. The molecule has 3 rings (SSSR count). The zero-order valence-corrected chi connectivity index (χ0v) is 18.0. The van der Waals surface area contributed by atoms with Crippen LogP contribution >= 0.6 is 39.1 Å². The highest BCUT2D eigenvalue weighted by Crippen LogP contribution is 2.38. The fraction of sp³-hybridized carbons (Fsp3) is 0.143. The molecule has 0 bridgehead atoms. The van der Waals surface area contributed by atoms with E-state index in [9.17, 15) is 4.39 Å². The fourth-order valence-electron chi connectivity index (χ4n) is 2.64. The van der Waals surface area contributed by atoms with Gasteiger partial charge < -0.3 is 14.8 Å². The van der Waals surface area contributed by atoms with E-state index in [0.29, 0.717) is 33.7 Å². The van der Waals surface area contributed by atoms with Crippen LogP contribution in [0.4, 0.5) is 10.1 Å². The van der Waals surface area contributed by atoms with Gasteiger partial charge in [-0.05, 0) is 48.5 Å². The quantitative estimate of drug-likeness (QED) is 0.388. The summed E-state index contributed by atoms with van der Waals surface area (Å²) in [5.74, 6) is 0.642. The molecule has 0 aromatic heterocycles. The molecule has 0 aliphatic rings. The highest BCUT2D eigenvalue weighted by Gasteiger charge is 2.16. The van der Waals surface area contributed by atoms with Gasteiger partial charge in [0.15, 0.2) is 11.5 Å². The Hall–Kier alpha value is -1.95. The largest absolute Gasteiger partial charge is 0.493 e. The van der Waals surface area contributed by atoms with Crippen molar-refractivity contribution in [3.8, 4) is 11.5 Å². The lowest BCUT2D eigenvalue weighted by Gasteiger charge is -2.18. The van der Waals surface area contributed by atoms with Crippen LogP contribution in [0.5, 0.6) is 11.5 Å². The molecule has 146 valence electrons. The smallest absolute Gasteiger partial charge is 0.167 e. The first kappa shape index (κ1) is 20.8. The summed E-state index contributed by atoms with van der Waals surface area (Å²) < 4.78 is 26.3. The fourth-order valence-corrected chi connectivity index (χ4v) is 3.43. The Morgan fingerprint density at radius 1 is 1.00 bits per heavy atom. The van der Waals surface area contributed by atoms with Crippen LogP contribution in [0.1, 0.15) is 11.1 Å². The molecule has 3 aromatic rings. The lowest BCUT2D eigenvalue weighted by Crippen LogP contribution is -2.07. The van der Waals surface area contributed by atoms with Crippen molar-refractivity contribution in [2.24, 2.45) is 0 Å². The van der Waals surface area contributed by atoms with Gasteiger partial charge in [0.05, 0.1) is 12.1 Å². The van der Waals surface area contributed by atoms with Crippen LogP contribution in [-0.4, -0.2) is 7.11 Å². The lowest BCUT2D eigenvalue weighted by atomic mass is 10.1. The van der Waals surface area contributed by atoms with Gasteiger partial charge in [0.1, 0.15) is 12.4 Å². The summed E-state index contributed by atoms with van der Waals surface area (Å²) in [7, 11) is 1.56. The first-order valence-corrected chi connectivity index (χ1v) is 9.95. The Bertz CT molecular complexity index is 947. The number of nitrogens with one attached hydrogen (secondary N) is 1. The lowest BCUT2D eigenvalue weighted by molar-refractivity contribution is 0.277. The third kappa shape index (κ3) is 4.90. The van der Waals surface area contributed by atoms with Crippen molar-refractivity contribution < 1.29 is 13.9 Å². The molecule has 3 aromatic carbocycles. The topological polar surface area (TPSA) is 30.5 Å². The highest BCUT2D eigenvalue weighted by atomic mass is 79.9. The van der Waals surface area contributed by atoms with E-state index in [2.05, 4.69) is 21.2 Å². The molecule has 28 heavy (non-hydrogen) atoms. The zero-order valence-electron chi connectivity index (χ0n) is 14.9. The highest BCUT2D eigenvalue weighted by molar-refractivity contribution is 9.10. The maximum atomic E-state index is 14.1. The number of benzene rings is 3. The zero-order chi connectivity index (χ0) is 20.1. The molecular weight excluding hydrogens is 468 g/mol. The van der Waals surface area contributed by atoms with Crippen LogP contribution in [0.3, 0.4) is 0 Å². The van der Waals surface area contributed by atoms with Crippen molar-refractivity contribution in [3.63, 3.8) is 0 Å². The Morgan fingerprint density at radius 2 is 1.75 bits per heavy atom. The Labute approximate surface area is 181 Å². The number of hydrogen-bond acceptors (Lipinski definition) is 3. The molecule has 0 saturated heterocycles. The van der Waals surface area contributed by atoms with Crippen LogP contribution in [0.25, 0.3) is 0 Å². The van der Waals surface area contributed by atoms with Gasteiger partial charge in [-0.25, -0.2) is 4.39 Å². The van der Waals surface area contributed by atoms with Crippen LogP contribution in [-0.2, 0) is 13.2 Å². The summed E-state index contributed by atoms with van der Waals surface area (Å²) in [6, 6.07) is 15.6. The van der Waals surface area contributed by atoms with Crippen molar-refractivity contribution >= 4 is 44.8 Å². The molecule has 3 nitrogen and oxygen atoms in total. The van der Waals surface area contributed by atoms with Crippen LogP contribution in [0, 0.1) is 5.82 Å². The Balaban J connectivity index is 1.86. The second kappa shape index (κ2) is 9.50. The second-order valence-electron chi connectivity index (χ2n) is 5.91. The van der Waals surface area contributed by atoms with E-state index < -0.39 is 5.82 Å². The number of methoxy groups -OCH3 is 1. The number of anilines is 1. The average molecular weight is 485 g/mol. The Morgan fingerprint density at radius 3 is 2.43 bits per heavy atom. The molecule has 0 amide bonds. The van der Waals surface area contributed by atoms with Gasteiger partial charge >= 0.3 is 0 Å². The summed E-state index contributed by atoms with van der Waals surface area (Å²) in [5, 5.41) is 4.30. The molecule has 0 unspecified atom stereocenters. The van der Waals surface area contributed by atoms with Crippen LogP contribution < -0.4 is 14.8 Å². The van der Waals surface area contributed by atoms with Crippen molar-refractivity contribution in [1.82, 2.24) is 0 Å². The standard InChI is InChI=1S/C21H17BrCl2FNO2/c1-27-20-10-9-17(22)15(11-26-14-7-5-13(23)6-8-14)21(20)28-12-16-18(24)3-2-4-19(16)25/h2-10,26H,11-12H2,1H3. The summed E-state index contributed by atoms with van der Waals surface area (Å²) in [6.07, 6.45) is 0. The first-order valence-electron chi connectivity index (χ1n) is 8.40. The molecule has 0 saturated carbocycles. The van der Waals surface area contributed by atoms with Gasteiger partial charge in [-0.15, -0.1) is 0 Å². The van der Waals surface area contributed by atoms with E-state index in [0.717, 1.165) is 15.7 Å². The van der Waals surface area contributed by atoms with Crippen molar-refractivity contribution in [2.75, 3.05) is 12.4 Å². The van der Waals surface area contributed by atoms with Gasteiger partial charge in [0.25, 0.3) is 0 Å². The Kier molecular flexibility index (Phi) is 7.05. The van der Waals surface area contributed by atoms with Gasteiger partial charge in [-0.2, -0.15) is 0 Å². The van der Waals surface area contributed by atoms with Crippen molar-refractivity contribution in [1.29, 1.82) is 0 Å². The number of halogens is 4. The molecular formula is C21H17BrCl2FNO2. The third-order valence-corrected chi connectivity index (χ3v) is 5.47. The first-order chi connectivity index (χ1) is 13.5. The van der Waals surface area contributed by atoms with Gasteiger partial charge in [0, 0.05) is 32.9 Å². The minimum absolute atomic E-state index is 0.0216. The van der Waals surface area contributed by atoms with Crippen molar-refractivity contribution in [2.45, 2.75) is 13.2 Å². The van der Waals surface area contributed by atoms with E-state index in [-0.39, 0.29) is 6.61 Å². The summed E-state index contributed by atoms with van der Waals surface area (Å²) in [4.78, 5) is 0. The average Bonchev–Trinajstić information content (AvgIpc) is 2.68.